The Hall–Kier alpha value is -0.0800. The van der Waals surface area contributed by atoms with Crippen molar-refractivity contribution in [1.82, 2.24) is 10.2 Å². The van der Waals surface area contributed by atoms with Crippen molar-refractivity contribution in [2.24, 2.45) is 5.41 Å². The number of nitrogens with zero attached hydrogens (tertiary/aromatic N) is 1. The van der Waals surface area contributed by atoms with Gasteiger partial charge in [-0.2, -0.15) is 0 Å². The second-order valence-corrected chi connectivity index (χ2v) is 6.80. The predicted octanol–water partition coefficient (Wildman–Crippen LogP) is 2.78. The van der Waals surface area contributed by atoms with Crippen LogP contribution in [0.4, 0.5) is 0 Å². The average molecular weight is 236 g/mol. The zero-order valence-electron chi connectivity index (χ0n) is 11.5. The smallest absolute Gasteiger partial charge is 0.0210 e. The Morgan fingerprint density at radius 3 is 2.59 bits per heavy atom. The summed E-state index contributed by atoms with van der Waals surface area (Å²) in [5.74, 6) is 0. The van der Waals surface area contributed by atoms with Gasteiger partial charge < -0.3 is 5.32 Å². The van der Waals surface area contributed by atoms with E-state index in [4.69, 9.17) is 0 Å². The maximum atomic E-state index is 3.88. The van der Waals surface area contributed by atoms with Gasteiger partial charge in [0.05, 0.1) is 0 Å². The Labute approximate surface area is 106 Å². The molecule has 3 rings (SSSR count). The molecule has 0 spiro atoms. The number of nitrogens with one attached hydrogen (secondary N) is 1. The lowest BCUT2D eigenvalue weighted by Crippen LogP contribution is -2.44. The van der Waals surface area contributed by atoms with Crippen molar-refractivity contribution >= 4 is 0 Å². The van der Waals surface area contributed by atoms with Crippen LogP contribution in [0.5, 0.6) is 0 Å². The average Bonchev–Trinajstić information content (AvgIpc) is 3.03. The molecule has 2 heteroatoms. The molecule has 3 aliphatic rings. The second kappa shape index (κ2) is 4.55. The van der Waals surface area contributed by atoms with Crippen LogP contribution in [-0.2, 0) is 0 Å². The van der Waals surface area contributed by atoms with E-state index in [1.807, 2.05) is 0 Å². The molecule has 2 aliphatic carbocycles. The molecular formula is C15H28N2. The first-order valence-electron chi connectivity index (χ1n) is 7.71. The van der Waals surface area contributed by atoms with Crippen molar-refractivity contribution in [3.05, 3.63) is 0 Å². The molecule has 1 aliphatic heterocycles. The summed E-state index contributed by atoms with van der Waals surface area (Å²) in [6.45, 7) is 7.37. The van der Waals surface area contributed by atoms with E-state index in [0.29, 0.717) is 5.41 Å². The van der Waals surface area contributed by atoms with Gasteiger partial charge in [0.15, 0.2) is 0 Å². The van der Waals surface area contributed by atoms with Gasteiger partial charge in [0.2, 0.25) is 0 Å². The van der Waals surface area contributed by atoms with Gasteiger partial charge in [-0.15, -0.1) is 0 Å². The fraction of sp³-hybridized carbons (Fsp3) is 1.00. The van der Waals surface area contributed by atoms with Crippen LogP contribution in [-0.4, -0.2) is 36.1 Å². The minimum Gasteiger partial charge on any atom is -0.312 e. The Balaban J connectivity index is 1.46. The van der Waals surface area contributed by atoms with E-state index < -0.39 is 0 Å². The molecule has 2 nitrogen and oxygen atoms in total. The number of likely N-dealkylation sites (tertiary alicyclic amines) is 1. The summed E-state index contributed by atoms with van der Waals surface area (Å²) in [7, 11) is 0. The summed E-state index contributed by atoms with van der Waals surface area (Å²) in [6, 6.07) is 2.54. The van der Waals surface area contributed by atoms with Crippen molar-refractivity contribution in [1.29, 1.82) is 0 Å². The van der Waals surface area contributed by atoms with Crippen molar-refractivity contribution in [2.75, 3.05) is 13.1 Å². The number of hydrogen-bond acceptors (Lipinski definition) is 2. The lowest BCUT2D eigenvalue weighted by atomic mass is 9.67. The van der Waals surface area contributed by atoms with Crippen molar-refractivity contribution < 1.29 is 0 Å². The van der Waals surface area contributed by atoms with Crippen LogP contribution in [0.1, 0.15) is 58.8 Å². The van der Waals surface area contributed by atoms with Crippen molar-refractivity contribution in [3.63, 3.8) is 0 Å². The zero-order chi connectivity index (χ0) is 11.9. The van der Waals surface area contributed by atoms with Crippen LogP contribution in [0, 0.1) is 5.41 Å². The fourth-order valence-electron chi connectivity index (χ4n) is 3.81. The highest BCUT2D eigenvalue weighted by Gasteiger charge is 2.40. The molecule has 0 amide bonds. The van der Waals surface area contributed by atoms with E-state index in [2.05, 4.69) is 24.1 Å². The van der Waals surface area contributed by atoms with E-state index in [9.17, 15) is 0 Å². The first-order chi connectivity index (χ1) is 8.22. The van der Waals surface area contributed by atoms with Crippen LogP contribution in [0.15, 0.2) is 0 Å². The molecule has 1 N–H and O–H groups in total. The first-order valence-corrected chi connectivity index (χ1v) is 7.71. The molecule has 17 heavy (non-hydrogen) atoms. The monoisotopic (exact) mass is 236 g/mol. The third kappa shape index (κ3) is 2.39. The van der Waals surface area contributed by atoms with Crippen LogP contribution >= 0.6 is 0 Å². The van der Waals surface area contributed by atoms with Gasteiger partial charge >= 0.3 is 0 Å². The van der Waals surface area contributed by atoms with Gasteiger partial charge in [0.1, 0.15) is 0 Å². The first kappa shape index (κ1) is 12.0. The predicted molar refractivity (Wildman–Crippen MR) is 72.2 cm³/mol. The van der Waals surface area contributed by atoms with Crippen LogP contribution < -0.4 is 5.32 Å². The molecule has 0 aromatic rings. The largest absolute Gasteiger partial charge is 0.312 e. The van der Waals surface area contributed by atoms with Gasteiger partial charge in [0, 0.05) is 31.2 Å². The summed E-state index contributed by atoms with van der Waals surface area (Å²) in [6.07, 6.45) is 10.0. The highest BCUT2D eigenvalue weighted by molar-refractivity contribution is 4.97. The zero-order valence-corrected chi connectivity index (χ0v) is 11.5. The molecule has 0 bridgehead atoms. The molecule has 1 heterocycles. The molecule has 1 saturated heterocycles. The van der Waals surface area contributed by atoms with E-state index in [1.165, 1.54) is 58.0 Å². The summed E-state index contributed by atoms with van der Waals surface area (Å²) in [5, 5.41) is 3.88. The molecule has 98 valence electrons. The topological polar surface area (TPSA) is 15.3 Å². The van der Waals surface area contributed by atoms with Crippen molar-refractivity contribution in [2.45, 2.75) is 76.9 Å². The Morgan fingerprint density at radius 1 is 1.29 bits per heavy atom. The van der Waals surface area contributed by atoms with Gasteiger partial charge in [-0.25, -0.2) is 0 Å². The molecule has 2 saturated carbocycles. The minimum absolute atomic E-state index is 0.677. The normalized spacial score (nSPS) is 37.1. The number of hydrogen-bond donors (Lipinski definition) is 1. The second-order valence-electron chi connectivity index (χ2n) is 6.80. The lowest BCUT2D eigenvalue weighted by molar-refractivity contribution is 0.119. The Kier molecular flexibility index (Phi) is 3.20. The van der Waals surface area contributed by atoms with Gasteiger partial charge in [-0.3, -0.25) is 4.90 Å². The SMILES string of the molecule is CCC1(CNC2CC(C)N(C3CC3)C2)CCC1. The molecule has 0 radical (unpaired) electrons. The van der Waals surface area contributed by atoms with Crippen LogP contribution in [0.2, 0.25) is 0 Å². The third-order valence-corrected chi connectivity index (χ3v) is 5.57. The summed E-state index contributed by atoms with van der Waals surface area (Å²) in [4.78, 5) is 2.75. The van der Waals surface area contributed by atoms with Gasteiger partial charge in [-0.1, -0.05) is 13.3 Å². The van der Waals surface area contributed by atoms with Gasteiger partial charge in [-0.05, 0) is 50.9 Å². The minimum atomic E-state index is 0.677. The lowest BCUT2D eigenvalue weighted by Gasteiger charge is -2.42. The van der Waals surface area contributed by atoms with E-state index >= 15 is 0 Å². The molecule has 2 unspecified atom stereocenters. The summed E-state index contributed by atoms with van der Waals surface area (Å²) >= 11 is 0. The number of rotatable bonds is 5. The molecular weight excluding hydrogens is 208 g/mol. The van der Waals surface area contributed by atoms with E-state index in [-0.39, 0.29) is 0 Å². The standard InChI is InChI=1S/C15H28N2/c1-3-15(7-4-8-15)11-16-13-9-12(2)17(10-13)14-5-6-14/h12-14,16H,3-11H2,1-2H3. The van der Waals surface area contributed by atoms with Crippen molar-refractivity contribution in [3.8, 4) is 0 Å². The highest BCUT2D eigenvalue weighted by atomic mass is 15.3. The van der Waals surface area contributed by atoms with E-state index in [0.717, 1.165) is 18.1 Å². The van der Waals surface area contributed by atoms with Crippen LogP contribution in [0.25, 0.3) is 0 Å². The quantitative estimate of drug-likeness (QED) is 0.789. The van der Waals surface area contributed by atoms with Crippen LogP contribution in [0.3, 0.4) is 0 Å². The Bertz CT molecular complexity index is 263. The summed E-state index contributed by atoms with van der Waals surface area (Å²) in [5.41, 5.74) is 0.677. The highest BCUT2D eigenvalue weighted by Crippen LogP contribution is 2.43. The summed E-state index contributed by atoms with van der Waals surface area (Å²) < 4.78 is 0. The Morgan fingerprint density at radius 2 is 2.06 bits per heavy atom. The molecule has 0 aromatic carbocycles. The van der Waals surface area contributed by atoms with Gasteiger partial charge in [0.25, 0.3) is 0 Å². The maximum absolute atomic E-state index is 3.88. The fourth-order valence-corrected chi connectivity index (χ4v) is 3.81. The molecule has 2 atom stereocenters. The maximum Gasteiger partial charge on any atom is 0.0210 e. The molecule has 3 fully saturated rings. The molecule has 0 aromatic heterocycles. The third-order valence-electron chi connectivity index (χ3n) is 5.57. The van der Waals surface area contributed by atoms with E-state index in [1.54, 1.807) is 0 Å².